The maximum absolute atomic E-state index is 10.3. The molecule has 0 spiro atoms. The number of hydrogen-bond donors (Lipinski definition) is 4. The minimum Gasteiger partial charge on any atom is -0.481 e. The van der Waals surface area contributed by atoms with Gasteiger partial charge in [-0.2, -0.15) is 0 Å². The van der Waals surface area contributed by atoms with Crippen LogP contribution in [0.15, 0.2) is 36.5 Å². The Balaban J connectivity index is 3.91. The average Bonchev–Trinajstić information content (AvgIpc) is 2.58. The minimum absolute atomic E-state index is 0.143. The third-order valence-corrected chi connectivity index (χ3v) is 3.75. The van der Waals surface area contributed by atoms with Gasteiger partial charge in [0.15, 0.2) is 0 Å². The molecule has 0 aliphatic carbocycles. The Bertz CT molecular complexity index is 414. The molecule has 0 bridgehead atoms. The summed E-state index contributed by atoms with van der Waals surface area (Å²) in [7, 11) is 0. The first-order valence-corrected chi connectivity index (χ1v) is 9.21. The van der Waals surface area contributed by atoms with Crippen LogP contribution in [0.25, 0.3) is 0 Å². The van der Waals surface area contributed by atoms with Crippen LogP contribution >= 0.6 is 0 Å². The molecule has 1 unspecified atom stereocenters. The normalized spacial score (nSPS) is 16.0. The first-order valence-electron chi connectivity index (χ1n) is 9.21. The summed E-state index contributed by atoms with van der Waals surface area (Å²) in [6.45, 7) is 2.15. The smallest absolute Gasteiger partial charge is 0.303 e. The highest BCUT2D eigenvalue weighted by Gasteiger charge is 2.11. The fourth-order valence-corrected chi connectivity index (χ4v) is 2.18. The van der Waals surface area contributed by atoms with E-state index >= 15 is 0 Å². The van der Waals surface area contributed by atoms with Crippen LogP contribution in [0.1, 0.15) is 64.7 Å². The third kappa shape index (κ3) is 15.8. The van der Waals surface area contributed by atoms with Crippen molar-refractivity contribution < 1.29 is 25.2 Å². The van der Waals surface area contributed by atoms with E-state index in [2.05, 4.69) is 6.92 Å². The number of aliphatic hydroxyl groups excluding tert-OH is 3. The summed E-state index contributed by atoms with van der Waals surface area (Å²) in [6, 6.07) is 0. The second-order valence-electron chi connectivity index (χ2n) is 6.21. The third-order valence-electron chi connectivity index (χ3n) is 3.75. The SMILES string of the molecule is CCCCCC=CC[C@H](O)[C@H](O)C=CC(O)CC=CCCCC(=O)O. The van der Waals surface area contributed by atoms with Gasteiger partial charge in [0.2, 0.25) is 0 Å². The lowest BCUT2D eigenvalue weighted by molar-refractivity contribution is -0.137. The number of carboxylic acid groups (broad SMARTS) is 1. The van der Waals surface area contributed by atoms with Gasteiger partial charge in [0.05, 0.1) is 18.3 Å². The Morgan fingerprint density at radius 1 is 0.880 bits per heavy atom. The first kappa shape index (κ1) is 23.6. The summed E-state index contributed by atoms with van der Waals surface area (Å²) < 4.78 is 0. The Morgan fingerprint density at radius 3 is 2.16 bits per heavy atom. The van der Waals surface area contributed by atoms with Gasteiger partial charge < -0.3 is 20.4 Å². The van der Waals surface area contributed by atoms with Crippen molar-refractivity contribution in [2.75, 3.05) is 0 Å². The maximum atomic E-state index is 10.3. The second kappa shape index (κ2) is 16.1. The molecule has 0 amide bonds. The summed E-state index contributed by atoms with van der Waals surface area (Å²) in [5.41, 5.74) is 0. The van der Waals surface area contributed by atoms with E-state index in [-0.39, 0.29) is 6.42 Å². The molecule has 25 heavy (non-hydrogen) atoms. The van der Waals surface area contributed by atoms with Gasteiger partial charge in [-0.1, -0.05) is 56.2 Å². The molecule has 0 aliphatic rings. The summed E-state index contributed by atoms with van der Waals surface area (Å²) in [5.74, 6) is -0.806. The highest BCUT2D eigenvalue weighted by Crippen LogP contribution is 2.06. The van der Waals surface area contributed by atoms with Crippen LogP contribution in [-0.4, -0.2) is 44.7 Å². The topological polar surface area (TPSA) is 98.0 Å². The number of hydrogen-bond acceptors (Lipinski definition) is 4. The van der Waals surface area contributed by atoms with Crippen LogP contribution in [-0.2, 0) is 4.79 Å². The summed E-state index contributed by atoms with van der Waals surface area (Å²) >= 11 is 0. The van der Waals surface area contributed by atoms with Gasteiger partial charge in [-0.3, -0.25) is 4.79 Å². The van der Waals surface area contributed by atoms with E-state index in [1.165, 1.54) is 25.0 Å². The number of aliphatic carboxylic acids is 1. The Labute approximate surface area is 151 Å². The van der Waals surface area contributed by atoms with Crippen LogP contribution in [0.5, 0.6) is 0 Å². The number of rotatable bonds is 15. The van der Waals surface area contributed by atoms with Gasteiger partial charge in [0, 0.05) is 6.42 Å². The number of carbonyl (C=O) groups is 1. The van der Waals surface area contributed by atoms with E-state index in [0.717, 1.165) is 12.8 Å². The van der Waals surface area contributed by atoms with Crippen molar-refractivity contribution in [3.8, 4) is 0 Å². The molecule has 5 nitrogen and oxygen atoms in total. The summed E-state index contributed by atoms with van der Waals surface area (Å²) in [4.78, 5) is 10.3. The minimum atomic E-state index is -1.01. The average molecular weight is 354 g/mol. The lowest BCUT2D eigenvalue weighted by Crippen LogP contribution is -2.23. The zero-order valence-electron chi connectivity index (χ0n) is 15.3. The van der Waals surface area contributed by atoms with E-state index in [0.29, 0.717) is 25.7 Å². The molecule has 0 aliphatic heterocycles. The number of aliphatic hydroxyl groups is 3. The van der Waals surface area contributed by atoms with Crippen LogP contribution in [0.4, 0.5) is 0 Å². The van der Waals surface area contributed by atoms with Crippen molar-refractivity contribution in [1.82, 2.24) is 0 Å². The van der Waals surface area contributed by atoms with Crippen molar-refractivity contribution in [1.29, 1.82) is 0 Å². The molecule has 0 saturated heterocycles. The van der Waals surface area contributed by atoms with Crippen LogP contribution in [0, 0.1) is 0 Å². The second-order valence-corrected chi connectivity index (χ2v) is 6.21. The monoisotopic (exact) mass is 354 g/mol. The van der Waals surface area contributed by atoms with Gasteiger partial charge >= 0.3 is 5.97 Å². The Kier molecular flexibility index (Phi) is 15.1. The van der Waals surface area contributed by atoms with E-state index in [4.69, 9.17) is 5.11 Å². The maximum Gasteiger partial charge on any atom is 0.303 e. The molecule has 4 N–H and O–H groups in total. The Morgan fingerprint density at radius 2 is 1.52 bits per heavy atom. The number of unbranched alkanes of at least 4 members (excludes halogenated alkanes) is 4. The fourth-order valence-electron chi connectivity index (χ4n) is 2.18. The molecule has 0 saturated carbocycles. The first-order chi connectivity index (χ1) is 12.0. The molecule has 0 aromatic heterocycles. The lowest BCUT2D eigenvalue weighted by Gasteiger charge is -2.13. The van der Waals surface area contributed by atoms with Gasteiger partial charge in [-0.15, -0.1) is 0 Å². The molecule has 3 atom stereocenters. The van der Waals surface area contributed by atoms with Crippen molar-refractivity contribution in [3.63, 3.8) is 0 Å². The van der Waals surface area contributed by atoms with E-state index in [1.807, 2.05) is 18.2 Å². The van der Waals surface area contributed by atoms with E-state index < -0.39 is 24.3 Å². The standard InChI is InChI=1S/C20H34O5/c1-2-3-4-5-6-10-13-18(22)19(23)16-15-17(21)12-9-7-8-11-14-20(24)25/h6-7,9-10,15-19,21-23H,2-5,8,11-14H2,1H3,(H,24,25)/t17?,18-,19+/m0/s1. The molecule has 5 heteroatoms. The summed E-state index contributed by atoms with van der Waals surface area (Å²) in [5, 5.41) is 38.0. The molecule has 0 aromatic carbocycles. The molecule has 0 rings (SSSR count). The molecule has 144 valence electrons. The fraction of sp³-hybridized carbons (Fsp3) is 0.650. The van der Waals surface area contributed by atoms with Crippen LogP contribution in [0.2, 0.25) is 0 Å². The van der Waals surface area contributed by atoms with Gasteiger partial charge in [-0.25, -0.2) is 0 Å². The number of carboxylic acids is 1. The molecule has 0 fully saturated rings. The van der Waals surface area contributed by atoms with E-state index in [9.17, 15) is 20.1 Å². The molecule has 0 radical (unpaired) electrons. The molecule has 0 aromatic rings. The van der Waals surface area contributed by atoms with Crippen molar-refractivity contribution in [2.45, 2.75) is 83.0 Å². The quantitative estimate of drug-likeness (QED) is 0.267. The largest absolute Gasteiger partial charge is 0.481 e. The predicted octanol–water partition coefficient (Wildman–Crippen LogP) is 3.35. The van der Waals surface area contributed by atoms with Crippen molar-refractivity contribution in [3.05, 3.63) is 36.5 Å². The highest BCUT2D eigenvalue weighted by atomic mass is 16.4. The summed E-state index contributed by atoms with van der Waals surface area (Å²) in [6.07, 6.45) is 14.5. The van der Waals surface area contributed by atoms with Gasteiger partial charge in [-0.05, 0) is 38.5 Å². The van der Waals surface area contributed by atoms with Crippen LogP contribution < -0.4 is 0 Å². The van der Waals surface area contributed by atoms with Crippen molar-refractivity contribution in [2.24, 2.45) is 0 Å². The van der Waals surface area contributed by atoms with Gasteiger partial charge in [0.25, 0.3) is 0 Å². The Hall–Kier alpha value is -1.43. The zero-order valence-corrected chi connectivity index (χ0v) is 15.3. The van der Waals surface area contributed by atoms with Gasteiger partial charge in [0.1, 0.15) is 0 Å². The molecular weight excluding hydrogens is 320 g/mol. The molecular formula is C20H34O5. The molecule has 0 heterocycles. The van der Waals surface area contributed by atoms with Crippen molar-refractivity contribution >= 4 is 5.97 Å². The lowest BCUT2D eigenvalue weighted by atomic mass is 10.1. The number of allylic oxidation sites excluding steroid dienone is 2. The highest BCUT2D eigenvalue weighted by molar-refractivity contribution is 5.66. The van der Waals surface area contributed by atoms with Crippen LogP contribution in [0.3, 0.4) is 0 Å². The van der Waals surface area contributed by atoms with E-state index in [1.54, 1.807) is 6.08 Å². The zero-order chi connectivity index (χ0) is 18.9. The predicted molar refractivity (Wildman–Crippen MR) is 100 cm³/mol.